The van der Waals surface area contributed by atoms with E-state index in [0.29, 0.717) is 5.01 Å². The van der Waals surface area contributed by atoms with Crippen molar-refractivity contribution in [2.75, 3.05) is 12.4 Å². The third kappa shape index (κ3) is 3.67. The monoisotopic (exact) mass is 354 g/mol. The van der Waals surface area contributed by atoms with Crippen LogP contribution >= 0.6 is 11.3 Å². The van der Waals surface area contributed by atoms with Gasteiger partial charge in [0.2, 0.25) is 0 Å². The van der Waals surface area contributed by atoms with E-state index >= 15 is 0 Å². The predicted molar refractivity (Wildman–Crippen MR) is 95.5 cm³/mol. The Balaban J connectivity index is 1.80. The van der Waals surface area contributed by atoms with E-state index in [1.807, 2.05) is 24.3 Å². The number of carboxylic acids is 1. The van der Waals surface area contributed by atoms with Crippen molar-refractivity contribution in [1.82, 2.24) is 4.98 Å². The molecule has 0 saturated heterocycles. The number of anilines is 1. The maximum atomic E-state index is 12.4. The lowest BCUT2D eigenvalue weighted by Crippen LogP contribution is -2.15. The lowest BCUT2D eigenvalue weighted by molar-refractivity contribution is 0.0698. The van der Waals surface area contributed by atoms with Crippen LogP contribution in [0.4, 0.5) is 5.69 Å². The van der Waals surface area contributed by atoms with Crippen LogP contribution < -0.4 is 10.1 Å². The Bertz CT molecular complexity index is 919. The van der Waals surface area contributed by atoms with E-state index in [-0.39, 0.29) is 16.9 Å². The largest absolute Gasteiger partial charge is 0.497 e. The molecular weight excluding hydrogens is 340 g/mol. The Morgan fingerprint density at radius 1 is 1.12 bits per heavy atom. The Labute approximate surface area is 147 Å². The molecule has 0 fully saturated rings. The average molecular weight is 354 g/mol. The molecule has 0 saturated carbocycles. The molecule has 7 heteroatoms. The smallest absolute Gasteiger partial charge is 0.337 e. The van der Waals surface area contributed by atoms with E-state index in [4.69, 9.17) is 9.84 Å². The summed E-state index contributed by atoms with van der Waals surface area (Å²) in [5.41, 5.74) is 1.37. The molecule has 0 aliphatic carbocycles. The Morgan fingerprint density at radius 2 is 1.84 bits per heavy atom. The SMILES string of the molecule is COc1ccc(-c2nc(C(=O)Nc3ccccc3C(=O)O)cs2)cc1. The van der Waals surface area contributed by atoms with Crippen LogP contribution in [-0.2, 0) is 0 Å². The summed E-state index contributed by atoms with van der Waals surface area (Å²) in [6, 6.07) is 13.6. The maximum absolute atomic E-state index is 12.4. The van der Waals surface area contributed by atoms with Gasteiger partial charge in [0.15, 0.2) is 0 Å². The minimum absolute atomic E-state index is 0.0291. The van der Waals surface area contributed by atoms with Crippen LogP contribution in [0.15, 0.2) is 53.9 Å². The van der Waals surface area contributed by atoms with Crippen molar-refractivity contribution in [2.24, 2.45) is 0 Å². The quantitative estimate of drug-likeness (QED) is 0.728. The fraction of sp³-hybridized carbons (Fsp3) is 0.0556. The van der Waals surface area contributed by atoms with Gasteiger partial charge in [0, 0.05) is 10.9 Å². The van der Waals surface area contributed by atoms with Crippen molar-refractivity contribution in [3.8, 4) is 16.3 Å². The van der Waals surface area contributed by atoms with Crippen LogP contribution in [-0.4, -0.2) is 29.1 Å². The molecule has 1 amide bonds. The number of amides is 1. The van der Waals surface area contributed by atoms with Crippen molar-refractivity contribution >= 4 is 28.9 Å². The van der Waals surface area contributed by atoms with E-state index in [2.05, 4.69) is 10.3 Å². The second kappa shape index (κ2) is 7.14. The number of hydrogen-bond acceptors (Lipinski definition) is 5. The fourth-order valence-electron chi connectivity index (χ4n) is 2.21. The van der Waals surface area contributed by atoms with Gasteiger partial charge < -0.3 is 15.2 Å². The second-order valence-electron chi connectivity index (χ2n) is 5.07. The fourth-order valence-corrected chi connectivity index (χ4v) is 3.02. The molecule has 3 aromatic rings. The van der Waals surface area contributed by atoms with E-state index in [1.54, 1.807) is 24.6 Å². The Hall–Kier alpha value is -3.19. The van der Waals surface area contributed by atoms with Crippen LogP contribution in [0, 0.1) is 0 Å². The Morgan fingerprint density at radius 3 is 2.52 bits per heavy atom. The summed E-state index contributed by atoms with van der Waals surface area (Å²) in [7, 11) is 1.59. The molecule has 1 aromatic heterocycles. The first-order valence-electron chi connectivity index (χ1n) is 7.32. The van der Waals surface area contributed by atoms with E-state index < -0.39 is 11.9 Å². The van der Waals surface area contributed by atoms with Gasteiger partial charge in [-0.25, -0.2) is 9.78 Å². The van der Waals surface area contributed by atoms with Gasteiger partial charge in [-0.1, -0.05) is 12.1 Å². The lowest BCUT2D eigenvalue weighted by atomic mass is 10.2. The molecule has 0 aliphatic rings. The first kappa shape index (κ1) is 16.7. The summed E-state index contributed by atoms with van der Waals surface area (Å²) in [4.78, 5) is 27.9. The standard InChI is InChI=1S/C18H14N2O4S/c1-24-12-8-6-11(7-9-12)17-20-15(10-25-17)16(21)19-14-5-3-2-4-13(14)18(22)23/h2-10H,1H3,(H,19,21)(H,22,23). The van der Waals surface area contributed by atoms with Gasteiger partial charge in [-0.3, -0.25) is 4.79 Å². The number of nitrogens with zero attached hydrogens (tertiary/aromatic N) is 1. The van der Waals surface area contributed by atoms with Crippen LogP contribution in [0.3, 0.4) is 0 Å². The molecule has 2 aromatic carbocycles. The zero-order valence-corrected chi connectivity index (χ0v) is 14.0. The zero-order valence-electron chi connectivity index (χ0n) is 13.2. The van der Waals surface area contributed by atoms with E-state index in [9.17, 15) is 9.59 Å². The predicted octanol–water partition coefficient (Wildman–Crippen LogP) is 3.77. The number of carboxylic acid groups (broad SMARTS) is 1. The third-order valence-electron chi connectivity index (χ3n) is 3.48. The highest BCUT2D eigenvalue weighted by molar-refractivity contribution is 7.13. The summed E-state index contributed by atoms with van der Waals surface area (Å²) in [6.45, 7) is 0. The van der Waals surface area contributed by atoms with Gasteiger partial charge in [0.1, 0.15) is 16.5 Å². The molecule has 6 nitrogen and oxygen atoms in total. The molecule has 0 spiro atoms. The summed E-state index contributed by atoms with van der Waals surface area (Å²) in [6.07, 6.45) is 0. The summed E-state index contributed by atoms with van der Waals surface area (Å²) < 4.78 is 5.12. The van der Waals surface area contributed by atoms with Crippen molar-refractivity contribution in [3.05, 3.63) is 65.2 Å². The number of rotatable bonds is 5. The molecule has 2 N–H and O–H groups in total. The molecule has 0 unspecified atom stereocenters. The normalized spacial score (nSPS) is 10.3. The minimum Gasteiger partial charge on any atom is -0.497 e. The van der Waals surface area contributed by atoms with Crippen molar-refractivity contribution < 1.29 is 19.4 Å². The lowest BCUT2D eigenvalue weighted by Gasteiger charge is -2.06. The van der Waals surface area contributed by atoms with Crippen molar-refractivity contribution in [2.45, 2.75) is 0 Å². The molecule has 0 aliphatic heterocycles. The number of methoxy groups -OCH3 is 1. The minimum atomic E-state index is -1.10. The third-order valence-corrected chi connectivity index (χ3v) is 4.37. The molecule has 25 heavy (non-hydrogen) atoms. The number of thiazole rings is 1. The Kier molecular flexibility index (Phi) is 4.76. The van der Waals surface area contributed by atoms with Gasteiger partial charge in [-0.15, -0.1) is 11.3 Å². The molecule has 0 atom stereocenters. The van der Waals surface area contributed by atoms with Gasteiger partial charge >= 0.3 is 5.97 Å². The highest BCUT2D eigenvalue weighted by Gasteiger charge is 2.16. The number of ether oxygens (including phenoxy) is 1. The van der Waals surface area contributed by atoms with E-state index in [0.717, 1.165) is 11.3 Å². The zero-order chi connectivity index (χ0) is 17.8. The number of benzene rings is 2. The van der Waals surface area contributed by atoms with Gasteiger partial charge in [-0.2, -0.15) is 0 Å². The molecule has 126 valence electrons. The van der Waals surface area contributed by atoms with Crippen LogP contribution in [0.5, 0.6) is 5.75 Å². The highest BCUT2D eigenvalue weighted by Crippen LogP contribution is 2.26. The number of carbonyl (C=O) groups excluding carboxylic acids is 1. The van der Waals surface area contributed by atoms with Crippen LogP contribution in [0.1, 0.15) is 20.8 Å². The molecule has 1 heterocycles. The number of para-hydroxylation sites is 1. The summed E-state index contributed by atoms with van der Waals surface area (Å²) in [5, 5.41) is 14.1. The van der Waals surface area contributed by atoms with Crippen LogP contribution in [0.2, 0.25) is 0 Å². The van der Waals surface area contributed by atoms with Crippen molar-refractivity contribution in [3.63, 3.8) is 0 Å². The molecule has 0 bridgehead atoms. The number of nitrogens with one attached hydrogen (secondary N) is 1. The molecular formula is C18H14N2O4S. The number of carbonyl (C=O) groups is 2. The van der Waals surface area contributed by atoms with E-state index in [1.165, 1.54) is 23.5 Å². The summed E-state index contributed by atoms with van der Waals surface area (Å²) in [5.74, 6) is -0.818. The average Bonchev–Trinajstić information content (AvgIpc) is 3.12. The van der Waals surface area contributed by atoms with Crippen LogP contribution in [0.25, 0.3) is 10.6 Å². The van der Waals surface area contributed by atoms with Gasteiger partial charge in [-0.05, 0) is 36.4 Å². The highest BCUT2D eigenvalue weighted by atomic mass is 32.1. The topological polar surface area (TPSA) is 88.5 Å². The maximum Gasteiger partial charge on any atom is 0.337 e. The number of aromatic carboxylic acids is 1. The summed E-state index contributed by atoms with van der Waals surface area (Å²) >= 11 is 1.34. The van der Waals surface area contributed by atoms with Gasteiger partial charge in [0.05, 0.1) is 18.4 Å². The van der Waals surface area contributed by atoms with Crippen molar-refractivity contribution in [1.29, 1.82) is 0 Å². The number of hydrogen-bond donors (Lipinski definition) is 2. The first-order chi connectivity index (χ1) is 12.1. The van der Waals surface area contributed by atoms with Gasteiger partial charge in [0.25, 0.3) is 5.91 Å². The number of aromatic nitrogens is 1. The molecule has 0 radical (unpaired) electrons. The second-order valence-corrected chi connectivity index (χ2v) is 5.93. The molecule has 3 rings (SSSR count). The first-order valence-corrected chi connectivity index (χ1v) is 8.20.